The number of aromatic nitrogens is 1. The van der Waals surface area contributed by atoms with Crippen molar-refractivity contribution in [2.75, 3.05) is 36.5 Å². The number of ether oxygens (including phenoxy) is 1. The normalized spacial score (nSPS) is 25.7. The number of anilines is 2. The molecule has 4 aliphatic rings. The first-order valence-corrected chi connectivity index (χ1v) is 14.6. The number of nitrogens with zero attached hydrogens (tertiary/aromatic N) is 4. The summed E-state index contributed by atoms with van der Waals surface area (Å²) in [5.41, 5.74) is 3.84. The molecule has 3 aliphatic heterocycles. The minimum atomic E-state index is -0.578. The molecule has 40 heavy (non-hydrogen) atoms. The molecule has 4 heterocycles. The smallest absolute Gasteiger partial charge is 0.228 e. The monoisotopic (exact) mass is 545 g/mol. The number of nitrogens with one attached hydrogen (secondary N) is 1. The maximum Gasteiger partial charge on any atom is 0.228 e. The van der Waals surface area contributed by atoms with Crippen molar-refractivity contribution in [3.8, 4) is 5.75 Å². The van der Waals surface area contributed by atoms with Gasteiger partial charge in [0.05, 0.1) is 6.20 Å². The highest BCUT2D eigenvalue weighted by molar-refractivity contribution is 5.96. The number of aryl methyl sites for hydroxylation is 2. The van der Waals surface area contributed by atoms with Crippen LogP contribution in [0, 0.1) is 17.7 Å². The predicted octanol–water partition coefficient (Wildman–Crippen LogP) is 4.75. The highest BCUT2D eigenvalue weighted by Gasteiger charge is 2.52. The van der Waals surface area contributed by atoms with Gasteiger partial charge >= 0.3 is 0 Å². The van der Waals surface area contributed by atoms with Crippen LogP contribution in [-0.4, -0.2) is 59.5 Å². The Morgan fingerprint density at radius 2 is 1.93 bits per heavy atom. The van der Waals surface area contributed by atoms with Gasteiger partial charge in [-0.3, -0.25) is 19.4 Å². The fourth-order valence-electron chi connectivity index (χ4n) is 7.15. The van der Waals surface area contributed by atoms with Crippen molar-refractivity contribution >= 4 is 23.3 Å². The zero-order valence-electron chi connectivity index (χ0n) is 23.7. The number of likely N-dealkylation sites (tertiary alicyclic amines) is 1. The molecular formula is C31H39N5O4. The Kier molecular flexibility index (Phi) is 6.89. The first-order chi connectivity index (χ1) is 19.2. The highest BCUT2D eigenvalue weighted by Crippen LogP contribution is 2.47. The quantitative estimate of drug-likeness (QED) is 0.504. The van der Waals surface area contributed by atoms with Gasteiger partial charge in [0.2, 0.25) is 11.8 Å². The van der Waals surface area contributed by atoms with Crippen LogP contribution >= 0.6 is 0 Å². The van der Waals surface area contributed by atoms with Gasteiger partial charge in [-0.1, -0.05) is 36.7 Å². The van der Waals surface area contributed by atoms with Gasteiger partial charge < -0.3 is 10.1 Å². The summed E-state index contributed by atoms with van der Waals surface area (Å²) < 4.78 is 6.12. The van der Waals surface area contributed by atoms with Crippen molar-refractivity contribution in [1.82, 2.24) is 9.88 Å². The molecule has 1 aromatic carbocycles. The summed E-state index contributed by atoms with van der Waals surface area (Å²) in [5.74, 6) is 1.75. The zero-order valence-corrected chi connectivity index (χ0v) is 23.7. The second kappa shape index (κ2) is 10.3. The molecule has 0 atom stereocenters. The van der Waals surface area contributed by atoms with E-state index in [1.165, 1.54) is 11.1 Å². The molecular weight excluding hydrogens is 506 g/mol. The third kappa shape index (κ3) is 4.68. The van der Waals surface area contributed by atoms with E-state index < -0.39 is 5.54 Å². The third-order valence-corrected chi connectivity index (χ3v) is 9.83. The number of fused-ring (bicyclic) bond motifs is 3. The molecule has 2 aromatic rings. The lowest BCUT2D eigenvalue weighted by atomic mass is 9.66. The first kappa shape index (κ1) is 26.9. The molecule has 6 rings (SSSR count). The number of benzene rings is 1. The number of hydrogen-bond acceptors (Lipinski definition) is 7. The third-order valence-electron chi connectivity index (χ3n) is 9.83. The standard InChI is InChI=1S/C31H39N5O4/c1-20(2)31(34-39)16-23(17-31)36-28(38)7-5-22-15-24(19-32-29(22)36)40-13-12-35-10-8-30(9-11-35)18-27(37)33-26-6-4-21(3)14-25(26)30/h4,6,14-15,19-20,23H,5,7-13,16-18H2,1-3H3,(H,33,37). The summed E-state index contributed by atoms with van der Waals surface area (Å²) in [4.78, 5) is 45.7. The Morgan fingerprint density at radius 1 is 1.15 bits per heavy atom. The molecule has 1 N–H and O–H groups in total. The average molecular weight is 546 g/mol. The van der Waals surface area contributed by atoms with Crippen LogP contribution in [0.25, 0.3) is 0 Å². The minimum absolute atomic E-state index is 0.0283. The number of piperidine rings is 1. The summed E-state index contributed by atoms with van der Waals surface area (Å²) >= 11 is 0. The van der Waals surface area contributed by atoms with Crippen molar-refractivity contribution in [2.45, 2.75) is 82.7 Å². The van der Waals surface area contributed by atoms with E-state index in [0.717, 1.165) is 49.5 Å². The number of carbonyl (C=O) groups excluding carboxylic acids is 2. The second-order valence-corrected chi connectivity index (χ2v) is 12.6. The van der Waals surface area contributed by atoms with Crippen LogP contribution in [-0.2, 0) is 21.4 Å². The Bertz CT molecular complexity index is 1330. The lowest BCUT2D eigenvalue weighted by molar-refractivity contribution is -0.120. The second-order valence-electron chi connectivity index (χ2n) is 12.6. The number of rotatable bonds is 7. The molecule has 0 bridgehead atoms. The molecule has 0 unspecified atom stereocenters. The van der Waals surface area contributed by atoms with Crippen LogP contribution in [0.2, 0.25) is 0 Å². The van der Waals surface area contributed by atoms with Crippen LogP contribution in [0.3, 0.4) is 0 Å². The Hall–Kier alpha value is -3.33. The number of pyridine rings is 1. The van der Waals surface area contributed by atoms with E-state index in [1.54, 1.807) is 11.1 Å². The van der Waals surface area contributed by atoms with Crippen LogP contribution in [0.1, 0.15) is 69.1 Å². The molecule has 1 spiro atoms. The molecule has 212 valence electrons. The van der Waals surface area contributed by atoms with Gasteiger partial charge in [0.25, 0.3) is 0 Å². The summed E-state index contributed by atoms with van der Waals surface area (Å²) in [6, 6.07) is 8.33. The summed E-state index contributed by atoms with van der Waals surface area (Å²) in [7, 11) is 0. The highest BCUT2D eigenvalue weighted by atomic mass is 16.5. The summed E-state index contributed by atoms with van der Waals surface area (Å²) in [5, 5.41) is 6.48. The lowest BCUT2D eigenvalue weighted by Crippen LogP contribution is -2.59. The van der Waals surface area contributed by atoms with Gasteiger partial charge in [-0.2, -0.15) is 4.91 Å². The lowest BCUT2D eigenvalue weighted by Gasteiger charge is -2.50. The van der Waals surface area contributed by atoms with E-state index >= 15 is 0 Å². The van der Waals surface area contributed by atoms with Gasteiger partial charge in [-0.25, -0.2) is 4.98 Å². The van der Waals surface area contributed by atoms with E-state index in [9.17, 15) is 14.5 Å². The van der Waals surface area contributed by atoms with Gasteiger partial charge in [0, 0.05) is 36.5 Å². The predicted molar refractivity (Wildman–Crippen MR) is 154 cm³/mol. The van der Waals surface area contributed by atoms with Crippen molar-refractivity contribution < 1.29 is 14.3 Å². The van der Waals surface area contributed by atoms with Crippen LogP contribution in [0.4, 0.5) is 11.5 Å². The van der Waals surface area contributed by atoms with E-state index in [0.29, 0.717) is 44.5 Å². The Labute approximate surface area is 235 Å². The van der Waals surface area contributed by atoms with Crippen LogP contribution in [0.5, 0.6) is 5.75 Å². The largest absolute Gasteiger partial charge is 0.491 e. The minimum Gasteiger partial charge on any atom is -0.491 e. The summed E-state index contributed by atoms with van der Waals surface area (Å²) in [6.07, 6.45) is 6.44. The molecule has 2 amide bonds. The van der Waals surface area contributed by atoms with Gasteiger partial charge in [-0.05, 0) is 81.3 Å². The molecule has 1 saturated carbocycles. The topological polar surface area (TPSA) is 104 Å². The molecule has 0 radical (unpaired) electrons. The number of hydrogen-bond donors (Lipinski definition) is 1. The first-order valence-electron chi connectivity index (χ1n) is 14.6. The van der Waals surface area contributed by atoms with Gasteiger partial charge in [0.1, 0.15) is 23.7 Å². The maximum atomic E-state index is 12.8. The Balaban J connectivity index is 1.05. The molecule has 1 saturated heterocycles. The van der Waals surface area contributed by atoms with E-state index in [4.69, 9.17) is 4.74 Å². The number of carbonyl (C=O) groups is 2. The molecule has 1 aliphatic carbocycles. The van der Waals surface area contributed by atoms with Crippen LogP contribution < -0.4 is 15.0 Å². The fraction of sp³-hybridized carbons (Fsp3) is 0.581. The van der Waals surface area contributed by atoms with Crippen molar-refractivity contribution in [1.29, 1.82) is 0 Å². The van der Waals surface area contributed by atoms with E-state index in [2.05, 4.69) is 39.4 Å². The maximum absolute atomic E-state index is 12.8. The number of amides is 2. The number of nitroso groups, excluding NO2 is 1. The molecule has 9 nitrogen and oxygen atoms in total. The molecule has 9 heteroatoms. The molecule has 1 aromatic heterocycles. The van der Waals surface area contributed by atoms with Crippen molar-refractivity contribution in [2.24, 2.45) is 11.1 Å². The zero-order chi connectivity index (χ0) is 28.1. The Morgan fingerprint density at radius 3 is 2.65 bits per heavy atom. The van der Waals surface area contributed by atoms with Crippen molar-refractivity contribution in [3.05, 3.63) is 52.1 Å². The van der Waals surface area contributed by atoms with Gasteiger partial charge in [0.15, 0.2) is 0 Å². The van der Waals surface area contributed by atoms with Crippen LogP contribution in [0.15, 0.2) is 35.6 Å². The SMILES string of the molecule is Cc1ccc2c(c1)C1(CCN(CCOc3cnc4c(c3)CCC(=O)N4C3CC(N=O)(C(C)C)C3)CC1)CC(=O)N2. The van der Waals surface area contributed by atoms with Crippen molar-refractivity contribution in [3.63, 3.8) is 0 Å². The van der Waals surface area contributed by atoms with E-state index in [1.807, 2.05) is 26.0 Å². The van der Waals surface area contributed by atoms with Gasteiger partial charge in [-0.15, -0.1) is 0 Å². The molecule has 2 fully saturated rings. The average Bonchev–Trinajstić information content (AvgIpc) is 2.91. The fourth-order valence-corrected chi connectivity index (χ4v) is 7.15. The summed E-state index contributed by atoms with van der Waals surface area (Å²) in [6.45, 7) is 9.36. The van der Waals surface area contributed by atoms with E-state index in [-0.39, 0.29) is 29.2 Å².